The van der Waals surface area contributed by atoms with Gasteiger partial charge in [0.1, 0.15) is 0 Å². The first-order chi connectivity index (χ1) is 12.9. The molecule has 0 amide bonds. The van der Waals surface area contributed by atoms with Gasteiger partial charge in [-0.2, -0.15) is 0 Å². The van der Waals surface area contributed by atoms with Crippen molar-refractivity contribution < 1.29 is 8.42 Å². The summed E-state index contributed by atoms with van der Waals surface area (Å²) < 4.78 is 25.9. The van der Waals surface area contributed by atoms with E-state index in [4.69, 9.17) is 0 Å². The van der Waals surface area contributed by atoms with Crippen LogP contribution in [0.25, 0.3) is 0 Å². The zero-order valence-electron chi connectivity index (χ0n) is 16.4. The Morgan fingerprint density at radius 2 is 1.78 bits per heavy atom. The van der Waals surface area contributed by atoms with E-state index in [1.807, 2.05) is 26.1 Å². The minimum atomic E-state index is -3.41. The molecule has 146 valence electrons. The van der Waals surface area contributed by atoms with Crippen LogP contribution in [0.3, 0.4) is 0 Å². The topological polar surface area (TPSA) is 73.8 Å². The number of aryl methyl sites for hydroxylation is 1. The minimum absolute atomic E-state index is 0.251. The summed E-state index contributed by atoms with van der Waals surface area (Å²) in [6.07, 6.45) is 0. The van der Waals surface area contributed by atoms with Gasteiger partial charge in [0.15, 0.2) is 5.96 Å². The Labute approximate surface area is 162 Å². The van der Waals surface area contributed by atoms with Gasteiger partial charge in [0.25, 0.3) is 0 Å². The summed E-state index contributed by atoms with van der Waals surface area (Å²) >= 11 is 0. The molecule has 7 heteroatoms. The molecule has 0 saturated heterocycles. The first-order valence-electron chi connectivity index (χ1n) is 8.93. The van der Waals surface area contributed by atoms with E-state index in [2.05, 4.69) is 39.0 Å². The van der Waals surface area contributed by atoms with Crippen molar-refractivity contribution >= 4 is 16.0 Å². The lowest BCUT2D eigenvalue weighted by Gasteiger charge is -2.23. The zero-order valence-corrected chi connectivity index (χ0v) is 17.2. The van der Waals surface area contributed by atoms with Crippen LogP contribution in [-0.2, 0) is 23.1 Å². The number of guanidine groups is 1. The van der Waals surface area contributed by atoms with Crippen LogP contribution in [0.4, 0.5) is 0 Å². The second kappa shape index (κ2) is 9.53. The Hall–Kier alpha value is -2.38. The first kappa shape index (κ1) is 20.9. The number of hydrogen-bond acceptors (Lipinski definition) is 3. The molecule has 2 aromatic carbocycles. The van der Waals surface area contributed by atoms with Crippen LogP contribution in [0.1, 0.15) is 23.6 Å². The van der Waals surface area contributed by atoms with Crippen LogP contribution in [-0.4, -0.2) is 39.9 Å². The predicted octanol–water partition coefficient (Wildman–Crippen LogP) is 2.50. The highest BCUT2D eigenvalue weighted by Gasteiger charge is 2.11. The number of benzene rings is 2. The van der Waals surface area contributed by atoms with E-state index in [0.717, 1.165) is 24.6 Å². The highest BCUT2D eigenvalue weighted by atomic mass is 32.2. The summed E-state index contributed by atoms with van der Waals surface area (Å²) in [5, 5.41) is 3.31. The summed E-state index contributed by atoms with van der Waals surface area (Å²) in [6.45, 7) is 6.15. The molecule has 27 heavy (non-hydrogen) atoms. The van der Waals surface area contributed by atoms with E-state index >= 15 is 0 Å². The van der Waals surface area contributed by atoms with Crippen molar-refractivity contribution in [2.45, 2.75) is 31.8 Å². The maximum Gasteiger partial charge on any atom is 0.240 e. The third-order valence-corrected chi connectivity index (χ3v) is 5.71. The number of nitrogens with one attached hydrogen (secondary N) is 2. The summed E-state index contributed by atoms with van der Waals surface area (Å²) in [6, 6.07) is 15.1. The monoisotopic (exact) mass is 388 g/mol. The molecular formula is C20H28N4O2S. The third kappa shape index (κ3) is 5.80. The third-order valence-electron chi connectivity index (χ3n) is 4.28. The van der Waals surface area contributed by atoms with Gasteiger partial charge in [0, 0.05) is 20.1 Å². The molecule has 0 unspecified atom stereocenters. The van der Waals surface area contributed by atoms with E-state index in [9.17, 15) is 8.42 Å². The molecule has 0 saturated carbocycles. The van der Waals surface area contributed by atoms with Crippen molar-refractivity contribution in [3.63, 3.8) is 0 Å². The van der Waals surface area contributed by atoms with Gasteiger partial charge >= 0.3 is 0 Å². The van der Waals surface area contributed by atoms with Gasteiger partial charge in [-0.05, 0) is 49.7 Å². The van der Waals surface area contributed by atoms with Crippen molar-refractivity contribution in [3.8, 4) is 0 Å². The van der Waals surface area contributed by atoms with E-state index in [1.165, 1.54) is 18.2 Å². The van der Waals surface area contributed by atoms with E-state index in [0.29, 0.717) is 6.54 Å². The molecule has 2 rings (SSSR count). The molecule has 6 nitrogen and oxygen atoms in total. The molecule has 0 atom stereocenters. The molecule has 0 aliphatic rings. The van der Waals surface area contributed by atoms with Crippen LogP contribution in [0.15, 0.2) is 58.4 Å². The molecule has 0 spiro atoms. The fourth-order valence-electron chi connectivity index (χ4n) is 2.65. The Bertz CT molecular complexity index is 877. The molecule has 0 bridgehead atoms. The van der Waals surface area contributed by atoms with Crippen LogP contribution in [0.2, 0.25) is 0 Å². The summed E-state index contributed by atoms with van der Waals surface area (Å²) in [7, 11) is 0.000369. The molecule has 0 radical (unpaired) electrons. The van der Waals surface area contributed by atoms with Crippen LogP contribution < -0.4 is 10.0 Å². The number of rotatable bonds is 7. The molecule has 0 aliphatic heterocycles. The average molecular weight is 389 g/mol. The van der Waals surface area contributed by atoms with Gasteiger partial charge < -0.3 is 10.2 Å². The number of nitrogens with zero attached hydrogens (tertiary/aromatic N) is 2. The Morgan fingerprint density at radius 3 is 2.37 bits per heavy atom. The second-order valence-corrected chi connectivity index (χ2v) is 8.19. The number of sulfonamides is 1. The standard InChI is InChI=1S/C20H28N4O2S/c1-5-22-20(24(4)15-18-9-7-6-8-16(18)2)23-14-17-10-12-19(13-11-17)27(25,26)21-3/h6-13,21H,5,14-15H2,1-4H3,(H,22,23). The Balaban J connectivity index is 2.11. The zero-order chi connectivity index (χ0) is 19.9. The van der Waals surface area contributed by atoms with Gasteiger partial charge in [-0.25, -0.2) is 18.1 Å². The van der Waals surface area contributed by atoms with E-state index < -0.39 is 10.0 Å². The summed E-state index contributed by atoms with van der Waals surface area (Å²) in [5.41, 5.74) is 3.46. The lowest BCUT2D eigenvalue weighted by Crippen LogP contribution is -2.38. The maximum atomic E-state index is 11.8. The van der Waals surface area contributed by atoms with Gasteiger partial charge in [-0.3, -0.25) is 0 Å². The molecular weight excluding hydrogens is 360 g/mol. The van der Waals surface area contributed by atoms with E-state index in [1.54, 1.807) is 24.3 Å². The SMILES string of the molecule is CCNC(=NCc1ccc(S(=O)(=O)NC)cc1)N(C)Cc1ccccc1C. The summed E-state index contributed by atoms with van der Waals surface area (Å²) in [4.78, 5) is 7.03. The lowest BCUT2D eigenvalue weighted by atomic mass is 10.1. The number of hydrogen-bond donors (Lipinski definition) is 2. The van der Waals surface area contributed by atoms with Gasteiger partial charge in [-0.1, -0.05) is 36.4 Å². The normalized spacial score (nSPS) is 12.1. The largest absolute Gasteiger partial charge is 0.357 e. The minimum Gasteiger partial charge on any atom is -0.357 e. The fraction of sp³-hybridized carbons (Fsp3) is 0.350. The maximum absolute atomic E-state index is 11.8. The molecule has 0 aliphatic carbocycles. The molecule has 0 fully saturated rings. The van der Waals surface area contributed by atoms with Crippen molar-refractivity contribution in [2.24, 2.45) is 4.99 Å². The van der Waals surface area contributed by atoms with Crippen molar-refractivity contribution in [2.75, 3.05) is 20.6 Å². The highest BCUT2D eigenvalue weighted by molar-refractivity contribution is 7.89. The van der Waals surface area contributed by atoms with Crippen molar-refractivity contribution in [1.29, 1.82) is 0 Å². The quantitative estimate of drug-likeness (QED) is 0.565. The van der Waals surface area contributed by atoms with Crippen LogP contribution in [0.5, 0.6) is 0 Å². The van der Waals surface area contributed by atoms with Crippen molar-refractivity contribution in [3.05, 3.63) is 65.2 Å². The van der Waals surface area contributed by atoms with Crippen LogP contribution >= 0.6 is 0 Å². The second-order valence-electron chi connectivity index (χ2n) is 6.30. The van der Waals surface area contributed by atoms with Crippen LogP contribution in [0, 0.1) is 6.92 Å². The predicted molar refractivity (Wildman–Crippen MR) is 110 cm³/mol. The van der Waals surface area contributed by atoms with Gasteiger partial charge in [0.05, 0.1) is 11.4 Å². The molecule has 2 aromatic rings. The fourth-order valence-corrected chi connectivity index (χ4v) is 3.38. The van der Waals surface area contributed by atoms with Gasteiger partial charge in [-0.15, -0.1) is 0 Å². The molecule has 2 N–H and O–H groups in total. The summed E-state index contributed by atoms with van der Waals surface area (Å²) in [5.74, 6) is 0.813. The number of aliphatic imine (C=N–C) groups is 1. The lowest BCUT2D eigenvalue weighted by molar-refractivity contribution is 0.475. The van der Waals surface area contributed by atoms with E-state index in [-0.39, 0.29) is 4.90 Å². The van der Waals surface area contributed by atoms with Crippen molar-refractivity contribution in [1.82, 2.24) is 14.9 Å². The van der Waals surface area contributed by atoms with Gasteiger partial charge in [0.2, 0.25) is 10.0 Å². The average Bonchev–Trinajstić information content (AvgIpc) is 2.67. The highest BCUT2D eigenvalue weighted by Crippen LogP contribution is 2.12. The smallest absolute Gasteiger partial charge is 0.240 e. The Kier molecular flexibility index (Phi) is 7.38. The Morgan fingerprint density at radius 1 is 1.11 bits per heavy atom. The first-order valence-corrected chi connectivity index (χ1v) is 10.4. The molecule has 0 aromatic heterocycles. The molecule has 0 heterocycles.